The standard InChI is InChI=1S/C19H31N3O2.ClH/c1-7-19(8-2,12-20)17(24)21-14-10-9-13(3)15(11-14)22-16(23)18(4,5)6;/h9-11H,7-8,12,20H2,1-6H3,(H,21,24)(H,22,23);1H. The molecule has 0 heterocycles. The van der Waals surface area contributed by atoms with Crippen LogP contribution < -0.4 is 16.4 Å². The van der Waals surface area contributed by atoms with Crippen molar-refractivity contribution in [2.24, 2.45) is 16.6 Å². The topological polar surface area (TPSA) is 84.2 Å². The number of hydrogen-bond donors (Lipinski definition) is 3. The number of nitrogens with two attached hydrogens (primary N) is 1. The average Bonchev–Trinajstić information content (AvgIpc) is 2.52. The highest BCUT2D eigenvalue weighted by molar-refractivity contribution is 5.98. The van der Waals surface area contributed by atoms with E-state index in [9.17, 15) is 9.59 Å². The van der Waals surface area contributed by atoms with Gasteiger partial charge in [-0.15, -0.1) is 12.4 Å². The van der Waals surface area contributed by atoms with Gasteiger partial charge in [-0.1, -0.05) is 40.7 Å². The molecule has 0 atom stereocenters. The fourth-order valence-electron chi connectivity index (χ4n) is 2.36. The van der Waals surface area contributed by atoms with Gasteiger partial charge in [0, 0.05) is 23.3 Å². The van der Waals surface area contributed by atoms with Gasteiger partial charge in [0.15, 0.2) is 0 Å². The number of anilines is 2. The van der Waals surface area contributed by atoms with Gasteiger partial charge in [-0.3, -0.25) is 9.59 Å². The van der Waals surface area contributed by atoms with E-state index in [1.807, 2.05) is 53.7 Å². The highest BCUT2D eigenvalue weighted by atomic mass is 35.5. The summed E-state index contributed by atoms with van der Waals surface area (Å²) in [6, 6.07) is 5.52. The van der Waals surface area contributed by atoms with E-state index in [0.717, 1.165) is 5.56 Å². The van der Waals surface area contributed by atoms with Crippen LogP contribution in [0.4, 0.5) is 11.4 Å². The molecule has 0 aromatic heterocycles. The summed E-state index contributed by atoms with van der Waals surface area (Å²) in [5, 5.41) is 5.87. The number of rotatable bonds is 6. The van der Waals surface area contributed by atoms with Crippen molar-refractivity contribution in [2.45, 2.75) is 54.4 Å². The molecular formula is C19H32ClN3O2. The van der Waals surface area contributed by atoms with E-state index in [0.29, 0.717) is 30.8 Å². The van der Waals surface area contributed by atoms with Gasteiger partial charge in [0.2, 0.25) is 11.8 Å². The van der Waals surface area contributed by atoms with Gasteiger partial charge in [0.05, 0.1) is 5.41 Å². The Balaban J connectivity index is 0.00000576. The monoisotopic (exact) mass is 369 g/mol. The van der Waals surface area contributed by atoms with Crippen molar-refractivity contribution in [3.63, 3.8) is 0 Å². The predicted octanol–water partition coefficient (Wildman–Crippen LogP) is 4.11. The molecule has 2 amide bonds. The minimum Gasteiger partial charge on any atom is -0.329 e. The second-order valence-electron chi connectivity index (χ2n) is 7.38. The molecule has 0 bridgehead atoms. The first-order valence-electron chi connectivity index (χ1n) is 8.53. The Hall–Kier alpha value is -1.59. The lowest BCUT2D eigenvalue weighted by molar-refractivity contribution is -0.125. The van der Waals surface area contributed by atoms with Crippen molar-refractivity contribution in [1.82, 2.24) is 0 Å². The SMILES string of the molecule is CCC(CC)(CN)C(=O)Nc1ccc(C)c(NC(=O)C(C)(C)C)c1.Cl. The summed E-state index contributed by atoms with van der Waals surface area (Å²) in [7, 11) is 0. The first-order valence-corrected chi connectivity index (χ1v) is 8.53. The molecule has 0 unspecified atom stereocenters. The molecule has 0 aliphatic rings. The van der Waals surface area contributed by atoms with Gasteiger partial charge in [0.1, 0.15) is 0 Å². The van der Waals surface area contributed by atoms with Crippen LogP contribution >= 0.6 is 12.4 Å². The Morgan fingerprint density at radius 1 is 1.04 bits per heavy atom. The predicted molar refractivity (Wildman–Crippen MR) is 107 cm³/mol. The van der Waals surface area contributed by atoms with E-state index in [2.05, 4.69) is 10.6 Å². The van der Waals surface area contributed by atoms with Gasteiger partial charge in [-0.2, -0.15) is 0 Å². The second-order valence-corrected chi connectivity index (χ2v) is 7.38. The highest BCUT2D eigenvalue weighted by Gasteiger charge is 2.33. The molecule has 6 heteroatoms. The Kier molecular flexibility index (Phi) is 8.62. The third kappa shape index (κ3) is 5.72. The van der Waals surface area contributed by atoms with E-state index in [-0.39, 0.29) is 24.2 Å². The molecule has 1 aromatic carbocycles. The highest BCUT2D eigenvalue weighted by Crippen LogP contribution is 2.28. The molecule has 0 spiro atoms. The number of carbonyl (C=O) groups is 2. The number of aryl methyl sites for hydroxylation is 1. The minimum absolute atomic E-state index is 0. The molecule has 4 N–H and O–H groups in total. The Bertz CT molecular complexity index is 597. The minimum atomic E-state index is -0.556. The van der Waals surface area contributed by atoms with Crippen LogP contribution in [-0.4, -0.2) is 18.4 Å². The molecule has 1 aromatic rings. The summed E-state index contributed by atoms with van der Waals surface area (Å²) >= 11 is 0. The Morgan fingerprint density at radius 3 is 2.04 bits per heavy atom. The first kappa shape index (κ1) is 23.4. The van der Waals surface area contributed by atoms with Gasteiger partial charge in [0.25, 0.3) is 0 Å². The van der Waals surface area contributed by atoms with Crippen LogP contribution in [0.1, 0.15) is 53.0 Å². The molecule has 142 valence electrons. The normalized spacial score (nSPS) is 11.5. The fraction of sp³-hybridized carbons (Fsp3) is 0.579. The lowest BCUT2D eigenvalue weighted by Crippen LogP contribution is -2.41. The molecule has 0 aliphatic carbocycles. The zero-order valence-electron chi connectivity index (χ0n) is 16.2. The third-order valence-electron chi connectivity index (χ3n) is 4.65. The summed E-state index contributed by atoms with van der Waals surface area (Å²) in [5.74, 6) is -0.139. The molecule has 0 saturated heterocycles. The van der Waals surface area contributed by atoms with Crippen molar-refractivity contribution < 1.29 is 9.59 Å². The molecule has 0 saturated carbocycles. The van der Waals surface area contributed by atoms with Crippen molar-refractivity contribution in [3.8, 4) is 0 Å². The van der Waals surface area contributed by atoms with Crippen LogP contribution in [0.25, 0.3) is 0 Å². The fourth-order valence-corrected chi connectivity index (χ4v) is 2.36. The second kappa shape index (κ2) is 9.20. The van der Waals surface area contributed by atoms with E-state index in [1.165, 1.54) is 0 Å². The largest absolute Gasteiger partial charge is 0.329 e. The van der Waals surface area contributed by atoms with Crippen LogP contribution in [0.5, 0.6) is 0 Å². The molecule has 5 nitrogen and oxygen atoms in total. The number of carbonyl (C=O) groups excluding carboxylic acids is 2. The maximum atomic E-state index is 12.6. The third-order valence-corrected chi connectivity index (χ3v) is 4.65. The van der Waals surface area contributed by atoms with Crippen LogP contribution in [0, 0.1) is 17.8 Å². The molecule has 25 heavy (non-hydrogen) atoms. The van der Waals surface area contributed by atoms with Crippen LogP contribution in [0.15, 0.2) is 18.2 Å². The summed E-state index contributed by atoms with van der Waals surface area (Å²) in [4.78, 5) is 24.8. The van der Waals surface area contributed by atoms with Crippen molar-refractivity contribution in [3.05, 3.63) is 23.8 Å². The van der Waals surface area contributed by atoms with Crippen molar-refractivity contribution >= 4 is 35.6 Å². The molecular weight excluding hydrogens is 338 g/mol. The average molecular weight is 370 g/mol. The lowest BCUT2D eigenvalue weighted by atomic mass is 9.81. The van der Waals surface area contributed by atoms with E-state index in [4.69, 9.17) is 5.73 Å². The quantitative estimate of drug-likeness (QED) is 0.705. The zero-order chi connectivity index (χ0) is 18.5. The van der Waals surface area contributed by atoms with Crippen LogP contribution in [-0.2, 0) is 9.59 Å². The molecule has 0 radical (unpaired) electrons. The van der Waals surface area contributed by atoms with Crippen molar-refractivity contribution in [1.29, 1.82) is 0 Å². The van der Waals surface area contributed by atoms with Crippen molar-refractivity contribution in [2.75, 3.05) is 17.2 Å². The Morgan fingerprint density at radius 2 is 1.60 bits per heavy atom. The molecule has 1 rings (SSSR count). The van der Waals surface area contributed by atoms with E-state index < -0.39 is 10.8 Å². The van der Waals surface area contributed by atoms with Crippen LogP contribution in [0.3, 0.4) is 0 Å². The maximum absolute atomic E-state index is 12.6. The number of hydrogen-bond acceptors (Lipinski definition) is 3. The van der Waals surface area contributed by atoms with Gasteiger partial charge in [-0.05, 0) is 37.5 Å². The number of halogens is 1. The number of nitrogens with one attached hydrogen (secondary N) is 2. The Labute approximate surface area is 157 Å². The van der Waals surface area contributed by atoms with E-state index >= 15 is 0 Å². The number of benzene rings is 1. The lowest BCUT2D eigenvalue weighted by Gasteiger charge is -2.28. The van der Waals surface area contributed by atoms with Crippen LogP contribution in [0.2, 0.25) is 0 Å². The van der Waals surface area contributed by atoms with Gasteiger partial charge < -0.3 is 16.4 Å². The smallest absolute Gasteiger partial charge is 0.231 e. The van der Waals surface area contributed by atoms with E-state index in [1.54, 1.807) is 6.07 Å². The van der Waals surface area contributed by atoms with Gasteiger partial charge in [-0.25, -0.2) is 0 Å². The summed E-state index contributed by atoms with van der Waals surface area (Å²) in [6.07, 6.45) is 1.37. The zero-order valence-corrected chi connectivity index (χ0v) is 17.0. The van der Waals surface area contributed by atoms with Gasteiger partial charge >= 0.3 is 0 Å². The molecule has 0 aliphatic heterocycles. The maximum Gasteiger partial charge on any atom is 0.231 e. The first-order chi connectivity index (χ1) is 11.1. The summed E-state index contributed by atoms with van der Waals surface area (Å²) in [5.41, 5.74) is 7.11. The summed E-state index contributed by atoms with van der Waals surface area (Å²) in [6.45, 7) is 11.8. The summed E-state index contributed by atoms with van der Waals surface area (Å²) < 4.78 is 0. The molecule has 0 fully saturated rings. The number of amides is 2.